The van der Waals surface area contributed by atoms with Crippen molar-refractivity contribution in [1.82, 2.24) is 20.2 Å². The van der Waals surface area contributed by atoms with Crippen LogP contribution in [-0.2, 0) is 0 Å². The lowest BCUT2D eigenvalue weighted by molar-refractivity contribution is 0.0946. The third kappa shape index (κ3) is 4.45. The van der Waals surface area contributed by atoms with Crippen molar-refractivity contribution in [2.45, 2.75) is 31.7 Å². The van der Waals surface area contributed by atoms with E-state index in [0.29, 0.717) is 18.3 Å². The van der Waals surface area contributed by atoms with Gasteiger partial charge in [-0.25, -0.2) is 9.97 Å². The fourth-order valence-electron chi connectivity index (χ4n) is 2.32. The predicted octanol–water partition coefficient (Wildman–Crippen LogP) is 1.12. The Balaban J connectivity index is 1.89. The standard InChI is InChI=1S/C14H23N5O/c1-19(2)8-7-15-14(20)12-9-13(17-10-16-12)18-11-5-3-4-6-11/h9-11H,3-8H2,1-2H3,(H,15,20)(H,16,17,18). The number of likely N-dealkylation sites (N-methyl/N-ethyl adjacent to an activating group) is 1. The molecule has 0 radical (unpaired) electrons. The summed E-state index contributed by atoms with van der Waals surface area (Å²) in [6, 6.07) is 2.21. The number of carbonyl (C=O) groups excluding carboxylic acids is 1. The fraction of sp³-hybridized carbons (Fsp3) is 0.643. The SMILES string of the molecule is CN(C)CCNC(=O)c1cc(NC2CCCC2)ncn1. The van der Waals surface area contributed by atoms with Gasteiger partial charge in [-0.15, -0.1) is 0 Å². The highest BCUT2D eigenvalue weighted by Crippen LogP contribution is 2.21. The van der Waals surface area contributed by atoms with Gasteiger partial charge in [0.2, 0.25) is 0 Å². The molecule has 0 aliphatic heterocycles. The van der Waals surface area contributed by atoms with Crippen molar-refractivity contribution in [3.63, 3.8) is 0 Å². The van der Waals surface area contributed by atoms with E-state index in [9.17, 15) is 4.79 Å². The normalized spacial score (nSPS) is 15.6. The molecule has 110 valence electrons. The molecule has 0 saturated heterocycles. The molecule has 6 heteroatoms. The average Bonchev–Trinajstić information content (AvgIpc) is 2.91. The number of amides is 1. The molecule has 0 bridgehead atoms. The van der Waals surface area contributed by atoms with Crippen LogP contribution in [-0.4, -0.2) is 54.0 Å². The third-order valence-corrected chi connectivity index (χ3v) is 3.45. The topological polar surface area (TPSA) is 70.2 Å². The molecule has 2 rings (SSSR count). The van der Waals surface area contributed by atoms with Gasteiger partial charge < -0.3 is 15.5 Å². The van der Waals surface area contributed by atoms with Gasteiger partial charge in [-0.3, -0.25) is 4.79 Å². The molecule has 1 heterocycles. The molecule has 20 heavy (non-hydrogen) atoms. The lowest BCUT2D eigenvalue weighted by atomic mass is 10.2. The van der Waals surface area contributed by atoms with Crippen molar-refractivity contribution < 1.29 is 4.79 Å². The molecular formula is C14H23N5O. The summed E-state index contributed by atoms with van der Waals surface area (Å²) in [5, 5.41) is 6.22. The zero-order chi connectivity index (χ0) is 14.4. The molecule has 1 aliphatic carbocycles. The van der Waals surface area contributed by atoms with Gasteiger partial charge in [0.15, 0.2) is 0 Å². The summed E-state index contributed by atoms with van der Waals surface area (Å²) in [5.41, 5.74) is 0.416. The van der Waals surface area contributed by atoms with Crippen molar-refractivity contribution in [3.05, 3.63) is 18.1 Å². The minimum absolute atomic E-state index is 0.149. The smallest absolute Gasteiger partial charge is 0.270 e. The number of nitrogens with zero attached hydrogens (tertiary/aromatic N) is 3. The van der Waals surface area contributed by atoms with Gasteiger partial charge in [0.25, 0.3) is 5.91 Å². The molecule has 6 nitrogen and oxygen atoms in total. The summed E-state index contributed by atoms with van der Waals surface area (Å²) in [4.78, 5) is 22.2. The lowest BCUT2D eigenvalue weighted by Crippen LogP contribution is -2.32. The van der Waals surface area contributed by atoms with E-state index in [1.807, 2.05) is 19.0 Å². The van der Waals surface area contributed by atoms with Crippen molar-refractivity contribution >= 4 is 11.7 Å². The zero-order valence-electron chi connectivity index (χ0n) is 12.2. The van der Waals surface area contributed by atoms with Gasteiger partial charge in [-0.05, 0) is 26.9 Å². The summed E-state index contributed by atoms with van der Waals surface area (Å²) >= 11 is 0. The number of aromatic nitrogens is 2. The van der Waals surface area contributed by atoms with Crippen LogP contribution >= 0.6 is 0 Å². The van der Waals surface area contributed by atoms with Crippen molar-refractivity contribution in [2.75, 3.05) is 32.5 Å². The molecule has 1 saturated carbocycles. The lowest BCUT2D eigenvalue weighted by Gasteiger charge is -2.13. The third-order valence-electron chi connectivity index (χ3n) is 3.45. The van der Waals surface area contributed by atoms with Crippen molar-refractivity contribution in [3.8, 4) is 0 Å². The van der Waals surface area contributed by atoms with E-state index in [0.717, 1.165) is 12.4 Å². The summed E-state index contributed by atoms with van der Waals surface area (Å²) in [6.45, 7) is 1.42. The van der Waals surface area contributed by atoms with E-state index in [4.69, 9.17) is 0 Å². The Hall–Kier alpha value is -1.69. The predicted molar refractivity (Wildman–Crippen MR) is 78.8 cm³/mol. The maximum absolute atomic E-state index is 12.0. The Kier molecular flexibility index (Phi) is 5.29. The van der Waals surface area contributed by atoms with E-state index in [-0.39, 0.29) is 5.91 Å². The molecule has 1 fully saturated rings. The van der Waals surface area contributed by atoms with Gasteiger partial charge in [-0.1, -0.05) is 12.8 Å². The van der Waals surface area contributed by atoms with Crippen LogP contribution in [0.3, 0.4) is 0 Å². The Morgan fingerprint density at radius 3 is 2.80 bits per heavy atom. The summed E-state index contributed by atoms with van der Waals surface area (Å²) in [6.07, 6.45) is 6.32. The minimum Gasteiger partial charge on any atom is -0.367 e. The van der Waals surface area contributed by atoms with Crippen LogP contribution in [0.1, 0.15) is 36.2 Å². The molecule has 1 amide bonds. The molecule has 2 N–H and O–H groups in total. The second kappa shape index (κ2) is 7.19. The Morgan fingerprint density at radius 1 is 1.35 bits per heavy atom. The first-order chi connectivity index (χ1) is 9.65. The van der Waals surface area contributed by atoms with Crippen LogP contribution in [0.15, 0.2) is 12.4 Å². The number of rotatable bonds is 6. The molecular weight excluding hydrogens is 254 g/mol. The van der Waals surface area contributed by atoms with Crippen molar-refractivity contribution in [2.24, 2.45) is 0 Å². The first kappa shape index (κ1) is 14.7. The number of carbonyl (C=O) groups is 1. The van der Waals surface area contributed by atoms with Crippen LogP contribution < -0.4 is 10.6 Å². The second-order valence-electron chi connectivity index (χ2n) is 5.47. The molecule has 0 unspecified atom stereocenters. The van der Waals surface area contributed by atoms with Crippen LogP contribution in [0.5, 0.6) is 0 Å². The van der Waals surface area contributed by atoms with Gasteiger partial charge in [0.1, 0.15) is 17.8 Å². The summed E-state index contributed by atoms with van der Waals surface area (Å²) in [5.74, 6) is 0.591. The highest BCUT2D eigenvalue weighted by atomic mass is 16.1. The van der Waals surface area contributed by atoms with Gasteiger partial charge in [-0.2, -0.15) is 0 Å². The van der Waals surface area contributed by atoms with E-state index >= 15 is 0 Å². The molecule has 1 aromatic rings. The number of hydrogen-bond donors (Lipinski definition) is 2. The molecule has 0 spiro atoms. The van der Waals surface area contributed by atoms with Crippen LogP contribution in [0.4, 0.5) is 5.82 Å². The zero-order valence-corrected chi connectivity index (χ0v) is 12.2. The minimum atomic E-state index is -0.149. The van der Waals surface area contributed by atoms with Crippen LogP contribution in [0.25, 0.3) is 0 Å². The first-order valence-corrected chi connectivity index (χ1v) is 7.16. The largest absolute Gasteiger partial charge is 0.367 e. The van der Waals surface area contributed by atoms with Crippen molar-refractivity contribution in [1.29, 1.82) is 0 Å². The Labute approximate surface area is 120 Å². The maximum atomic E-state index is 12.0. The van der Waals surface area contributed by atoms with Gasteiger partial charge in [0, 0.05) is 25.2 Å². The molecule has 0 atom stereocenters. The average molecular weight is 277 g/mol. The van der Waals surface area contributed by atoms with E-state index < -0.39 is 0 Å². The maximum Gasteiger partial charge on any atom is 0.270 e. The molecule has 1 aliphatic rings. The number of hydrogen-bond acceptors (Lipinski definition) is 5. The second-order valence-corrected chi connectivity index (χ2v) is 5.47. The monoisotopic (exact) mass is 277 g/mol. The van der Waals surface area contributed by atoms with Crippen LogP contribution in [0.2, 0.25) is 0 Å². The summed E-state index contributed by atoms with van der Waals surface area (Å²) in [7, 11) is 3.95. The highest BCUT2D eigenvalue weighted by Gasteiger charge is 2.16. The Bertz CT molecular complexity index is 443. The van der Waals surface area contributed by atoms with E-state index in [1.165, 1.54) is 32.0 Å². The molecule has 1 aromatic heterocycles. The Morgan fingerprint density at radius 2 is 2.10 bits per heavy atom. The summed E-state index contributed by atoms with van der Waals surface area (Å²) < 4.78 is 0. The first-order valence-electron chi connectivity index (χ1n) is 7.16. The molecule has 0 aromatic carbocycles. The number of anilines is 1. The van der Waals surface area contributed by atoms with Crippen LogP contribution in [0, 0.1) is 0 Å². The fourth-order valence-corrected chi connectivity index (χ4v) is 2.32. The highest BCUT2D eigenvalue weighted by molar-refractivity contribution is 5.92. The quantitative estimate of drug-likeness (QED) is 0.815. The number of nitrogens with one attached hydrogen (secondary N) is 2. The van der Waals surface area contributed by atoms with Gasteiger partial charge in [0.05, 0.1) is 0 Å². The van der Waals surface area contributed by atoms with E-state index in [2.05, 4.69) is 20.6 Å². The van der Waals surface area contributed by atoms with E-state index in [1.54, 1.807) is 6.07 Å². The van der Waals surface area contributed by atoms with Gasteiger partial charge >= 0.3 is 0 Å².